The Hall–Kier alpha value is -2.09. The number of piperidine rings is 1. The van der Waals surface area contributed by atoms with Crippen molar-refractivity contribution in [3.8, 4) is 0 Å². The minimum Gasteiger partial charge on any atom is -0.357 e. The van der Waals surface area contributed by atoms with Crippen LogP contribution in [0.25, 0.3) is 0 Å². The zero-order valence-corrected chi connectivity index (χ0v) is 18.1. The van der Waals surface area contributed by atoms with Crippen LogP contribution in [-0.4, -0.2) is 23.6 Å². The lowest BCUT2D eigenvalue weighted by molar-refractivity contribution is -0.0610. The first-order valence-electron chi connectivity index (χ1n) is 9.85. The molecule has 1 spiro atoms. The van der Waals surface area contributed by atoms with Gasteiger partial charge in [-0.25, -0.2) is 4.39 Å². The maximum atomic E-state index is 13.5. The maximum Gasteiger partial charge on any atom is 0.123 e. The van der Waals surface area contributed by atoms with Crippen molar-refractivity contribution in [2.45, 2.75) is 31.1 Å². The lowest BCUT2D eigenvalue weighted by atomic mass is 9.82. The van der Waals surface area contributed by atoms with Gasteiger partial charge in [0.25, 0.3) is 0 Å². The zero-order valence-electron chi connectivity index (χ0n) is 16.6. The Labute approximate surface area is 186 Å². The van der Waals surface area contributed by atoms with Crippen molar-refractivity contribution in [2.24, 2.45) is 0 Å². The summed E-state index contributed by atoms with van der Waals surface area (Å²) >= 11 is 12.4. The smallest absolute Gasteiger partial charge is 0.123 e. The quantitative estimate of drug-likeness (QED) is 0.493. The molecule has 2 aliphatic heterocycles. The van der Waals surface area contributed by atoms with Gasteiger partial charge in [0.2, 0.25) is 0 Å². The molecule has 0 aromatic heterocycles. The lowest BCUT2D eigenvalue weighted by Gasteiger charge is -2.39. The SMILES string of the molecule is C=C=C=C1C(=C)C2(CCN(Cc3cccc(F)c3)CC2)OC1c1cc(Cl)cc(Cl)c1. The van der Waals surface area contributed by atoms with Gasteiger partial charge in [-0.1, -0.05) is 53.4 Å². The summed E-state index contributed by atoms with van der Waals surface area (Å²) in [5.74, 6) is -0.206. The number of rotatable bonds is 3. The second kappa shape index (κ2) is 8.57. The molecule has 0 saturated carbocycles. The summed E-state index contributed by atoms with van der Waals surface area (Å²) in [7, 11) is 0. The third kappa shape index (κ3) is 4.19. The molecule has 2 aliphatic rings. The fourth-order valence-corrected chi connectivity index (χ4v) is 4.89. The summed E-state index contributed by atoms with van der Waals surface area (Å²) < 4.78 is 20.1. The van der Waals surface area contributed by atoms with Gasteiger partial charge in [-0.15, -0.1) is 0 Å². The van der Waals surface area contributed by atoms with Crippen LogP contribution in [0.5, 0.6) is 0 Å². The minimum atomic E-state index is -0.475. The van der Waals surface area contributed by atoms with Crippen LogP contribution in [0.3, 0.4) is 0 Å². The van der Waals surface area contributed by atoms with E-state index in [4.69, 9.17) is 27.9 Å². The van der Waals surface area contributed by atoms with E-state index in [0.29, 0.717) is 16.6 Å². The van der Waals surface area contributed by atoms with Crippen molar-refractivity contribution in [1.82, 2.24) is 4.90 Å². The molecule has 0 radical (unpaired) electrons. The van der Waals surface area contributed by atoms with E-state index in [2.05, 4.69) is 29.5 Å². The monoisotopic (exact) mass is 441 g/mol. The van der Waals surface area contributed by atoms with Crippen molar-refractivity contribution in [1.29, 1.82) is 0 Å². The van der Waals surface area contributed by atoms with Gasteiger partial charge in [-0.2, -0.15) is 0 Å². The van der Waals surface area contributed by atoms with Crippen molar-refractivity contribution < 1.29 is 9.13 Å². The average molecular weight is 442 g/mol. The highest BCUT2D eigenvalue weighted by Crippen LogP contribution is 2.51. The molecule has 30 heavy (non-hydrogen) atoms. The lowest BCUT2D eigenvalue weighted by Crippen LogP contribution is -2.44. The zero-order chi connectivity index (χ0) is 21.3. The average Bonchev–Trinajstić information content (AvgIpc) is 2.96. The van der Waals surface area contributed by atoms with Gasteiger partial charge < -0.3 is 4.74 Å². The van der Waals surface area contributed by atoms with E-state index in [1.54, 1.807) is 18.2 Å². The van der Waals surface area contributed by atoms with Crippen LogP contribution in [0.2, 0.25) is 10.0 Å². The number of hydrogen-bond donors (Lipinski definition) is 0. The molecular formula is C25H22Cl2FNO. The predicted molar refractivity (Wildman–Crippen MR) is 119 cm³/mol. The fraction of sp³-hybridized carbons (Fsp3) is 0.280. The highest BCUT2D eigenvalue weighted by atomic mass is 35.5. The second-order valence-corrected chi connectivity index (χ2v) is 8.67. The summed E-state index contributed by atoms with van der Waals surface area (Å²) in [6, 6.07) is 12.2. The van der Waals surface area contributed by atoms with Crippen LogP contribution in [0, 0.1) is 5.82 Å². The van der Waals surface area contributed by atoms with Gasteiger partial charge in [0, 0.05) is 35.3 Å². The van der Waals surface area contributed by atoms with Crippen molar-refractivity contribution in [3.63, 3.8) is 0 Å². The molecule has 2 aromatic carbocycles. The van der Waals surface area contributed by atoms with Gasteiger partial charge >= 0.3 is 0 Å². The molecular weight excluding hydrogens is 420 g/mol. The topological polar surface area (TPSA) is 12.5 Å². The van der Waals surface area contributed by atoms with E-state index in [-0.39, 0.29) is 11.9 Å². The molecule has 1 atom stereocenters. The van der Waals surface area contributed by atoms with E-state index in [1.807, 2.05) is 18.2 Å². The molecule has 5 heteroatoms. The van der Waals surface area contributed by atoms with Crippen LogP contribution >= 0.6 is 23.2 Å². The standard InChI is InChI=1S/C25H22Cl2FNO/c1-3-5-23-17(2)25(30-24(23)19-13-20(26)15-21(27)14-19)8-10-29(11-9-25)16-18-6-4-7-22(28)12-18/h4,6-7,12-15,24H,1-2,8-11,16H2. The number of likely N-dealkylation sites (tertiary alicyclic amines) is 1. The molecule has 0 aliphatic carbocycles. The normalized spacial score (nSPS) is 21.0. The second-order valence-electron chi connectivity index (χ2n) is 7.80. The molecule has 2 saturated heterocycles. The highest BCUT2D eigenvalue weighted by molar-refractivity contribution is 6.34. The van der Waals surface area contributed by atoms with E-state index >= 15 is 0 Å². The number of nitrogens with zero attached hydrogens (tertiary/aromatic N) is 1. The molecule has 4 rings (SSSR count). The van der Waals surface area contributed by atoms with Gasteiger partial charge in [0.05, 0.1) is 5.60 Å². The Morgan fingerprint density at radius 2 is 1.83 bits per heavy atom. The number of ether oxygens (including phenoxy) is 1. The van der Waals surface area contributed by atoms with E-state index in [0.717, 1.165) is 48.2 Å². The highest BCUT2D eigenvalue weighted by Gasteiger charge is 2.49. The van der Waals surface area contributed by atoms with Gasteiger partial charge in [-0.3, -0.25) is 4.90 Å². The Kier molecular flexibility index (Phi) is 6.04. The Morgan fingerprint density at radius 3 is 2.47 bits per heavy atom. The first-order chi connectivity index (χ1) is 14.4. The molecule has 2 heterocycles. The number of halogens is 3. The van der Waals surface area contributed by atoms with Crippen LogP contribution in [0.1, 0.15) is 30.1 Å². The van der Waals surface area contributed by atoms with Crippen LogP contribution in [0.4, 0.5) is 4.39 Å². The molecule has 0 amide bonds. The number of benzene rings is 2. The Balaban J connectivity index is 1.55. The van der Waals surface area contributed by atoms with Gasteiger partial charge in [0.1, 0.15) is 11.9 Å². The summed E-state index contributed by atoms with van der Waals surface area (Å²) in [6.45, 7) is 10.4. The van der Waals surface area contributed by atoms with E-state index in [9.17, 15) is 4.39 Å². The largest absolute Gasteiger partial charge is 0.357 e. The molecule has 1 unspecified atom stereocenters. The molecule has 2 fully saturated rings. The van der Waals surface area contributed by atoms with Gasteiger partial charge in [-0.05, 0) is 66.5 Å². The molecule has 2 nitrogen and oxygen atoms in total. The molecule has 0 N–H and O–H groups in total. The third-order valence-corrected chi connectivity index (χ3v) is 6.29. The summed E-state index contributed by atoms with van der Waals surface area (Å²) in [6.07, 6.45) is 1.21. The first-order valence-corrected chi connectivity index (χ1v) is 10.6. The summed E-state index contributed by atoms with van der Waals surface area (Å²) in [5, 5.41) is 1.11. The summed E-state index contributed by atoms with van der Waals surface area (Å²) in [4.78, 5) is 2.31. The molecule has 154 valence electrons. The Morgan fingerprint density at radius 1 is 1.13 bits per heavy atom. The van der Waals surface area contributed by atoms with Crippen molar-refractivity contribution >= 4 is 23.2 Å². The molecule has 2 aromatic rings. The number of hydrogen-bond acceptors (Lipinski definition) is 2. The van der Waals surface area contributed by atoms with E-state index < -0.39 is 5.60 Å². The fourth-order valence-electron chi connectivity index (χ4n) is 4.34. The van der Waals surface area contributed by atoms with Gasteiger partial charge in [0.15, 0.2) is 0 Å². The van der Waals surface area contributed by atoms with Crippen molar-refractivity contribution in [2.75, 3.05) is 13.1 Å². The van der Waals surface area contributed by atoms with E-state index in [1.165, 1.54) is 6.07 Å². The third-order valence-electron chi connectivity index (χ3n) is 5.85. The maximum absolute atomic E-state index is 13.5. The van der Waals surface area contributed by atoms with Crippen molar-refractivity contribution in [3.05, 3.63) is 105 Å². The van der Waals surface area contributed by atoms with Crippen LogP contribution in [-0.2, 0) is 11.3 Å². The van der Waals surface area contributed by atoms with Crippen LogP contribution < -0.4 is 0 Å². The predicted octanol–water partition coefficient (Wildman–Crippen LogP) is 6.66. The minimum absolute atomic E-state index is 0.206. The molecule has 0 bridgehead atoms. The first kappa shape index (κ1) is 21.2. The Bertz CT molecular complexity index is 1050. The summed E-state index contributed by atoms with van der Waals surface area (Å²) in [5.41, 5.74) is 8.95. The van der Waals surface area contributed by atoms with Crippen LogP contribution in [0.15, 0.2) is 78.2 Å².